The third-order valence-corrected chi connectivity index (χ3v) is 7.55. The van der Waals surface area contributed by atoms with Crippen molar-refractivity contribution in [2.75, 3.05) is 0 Å². The molecule has 2 aromatic rings. The number of carbonyl (C=O) groups is 5. The highest BCUT2D eigenvalue weighted by Gasteiger charge is 2.33. The highest BCUT2D eigenvalue weighted by Crippen LogP contribution is 2.16. The van der Waals surface area contributed by atoms with Gasteiger partial charge in [0.25, 0.3) is 0 Å². The molecular weight excluding hydrogens is 592 g/mol. The number of carboxylic acid groups (broad SMARTS) is 1. The molecule has 0 saturated heterocycles. The first-order valence-electron chi connectivity index (χ1n) is 15.5. The van der Waals surface area contributed by atoms with Crippen molar-refractivity contribution in [2.45, 2.75) is 91.3 Å². The predicted octanol–water partition coefficient (Wildman–Crippen LogP) is 2.78. The minimum absolute atomic E-state index is 0.0352. The minimum Gasteiger partial charge on any atom is -0.480 e. The fraction of sp³-hybridized carbons (Fsp3) is 0.500. The molecule has 252 valence electrons. The molecule has 0 heterocycles. The molecule has 0 aliphatic carbocycles. The number of hydrogen-bond acceptors (Lipinski definition) is 7. The van der Waals surface area contributed by atoms with Gasteiger partial charge in [0.2, 0.25) is 17.7 Å². The van der Waals surface area contributed by atoms with E-state index >= 15 is 0 Å². The Morgan fingerprint density at radius 2 is 1.20 bits per heavy atom. The van der Waals surface area contributed by atoms with Crippen LogP contribution in [0.15, 0.2) is 60.7 Å². The number of aliphatic hydroxyl groups excluding tert-OH is 1. The van der Waals surface area contributed by atoms with E-state index in [9.17, 15) is 34.2 Å². The molecule has 4 unspecified atom stereocenters. The van der Waals surface area contributed by atoms with E-state index in [1.165, 1.54) is 6.92 Å². The molecule has 0 saturated carbocycles. The van der Waals surface area contributed by atoms with Crippen LogP contribution in [0.3, 0.4) is 0 Å². The topological polar surface area (TPSA) is 183 Å². The zero-order valence-electron chi connectivity index (χ0n) is 27.4. The summed E-state index contributed by atoms with van der Waals surface area (Å²) in [6.07, 6.45) is -1.76. The molecule has 6 atom stereocenters. The predicted molar refractivity (Wildman–Crippen MR) is 172 cm³/mol. The lowest BCUT2D eigenvalue weighted by Gasteiger charge is -2.29. The summed E-state index contributed by atoms with van der Waals surface area (Å²) < 4.78 is 5.20. The Labute approximate surface area is 270 Å². The van der Waals surface area contributed by atoms with Crippen LogP contribution in [0, 0.1) is 17.8 Å². The first kappa shape index (κ1) is 37.7. The van der Waals surface area contributed by atoms with Crippen molar-refractivity contribution in [1.29, 1.82) is 0 Å². The maximum absolute atomic E-state index is 13.2. The standard InChI is InChI=1S/C34H48N4O8/c1-20(2)28(32(42)38-29(21(3)4)33(43)44)37-30(40)22(5)17-27(39)26(18-24-13-9-7-10-14-24)36-31(41)23(6)35-34(45)46-19-25-15-11-8-12-16-25/h7-16,20-23,26-29,39H,17-19H2,1-6H3,(H,35,45)(H,36,41)(H,37,40)(H,38,42)(H,43,44)/t22?,23-,26?,27?,28?,29-/m0/s1. The van der Waals surface area contributed by atoms with Gasteiger partial charge in [-0.05, 0) is 42.7 Å². The van der Waals surface area contributed by atoms with Crippen molar-refractivity contribution < 1.29 is 38.9 Å². The van der Waals surface area contributed by atoms with Gasteiger partial charge in [0, 0.05) is 5.92 Å². The molecule has 0 aliphatic heterocycles. The molecule has 0 bridgehead atoms. The lowest BCUT2D eigenvalue weighted by molar-refractivity contribution is -0.143. The Morgan fingerprint density at radius 1 is 0.674 bits per heavy atom. The fourth-order valence-corrected chi connectivity index (χ4v) is 4.69. The van der Waals surface area contributed by atoms with Crippen molar-refractivity contribution in [3.05, 3.63) is 71.8 Å². The Bertz CT molecular complexity index is 1290. The number of carbonyl (C=O) groups excluding carboxylic acids is 4. The molecule has 2 aromatic carbocycles. The summed E-state index contributed by atoms with van der Waals surface area (Å²) >= 11 is 0. The lowest BCUT2D eigenvalue weighted by atomic mass is 9.92. The number of aliphatic carboxylic acids is 1. The Kier molecular flexibility index (Phi) is 15.2. The van der Waals surface area contributed by atoms with Crippen LogP contribution in [-0.2, 0) is 36.9 Å². The molecule has 0 spiro atoms. The molecule has 0 aromatic heterocycles. The molecule has 12 nitrogen and oxygen atoms in total. The van der Waals surface area contributed by atoms with E-state index in [4.69, 9.17) is 4.74 Å². The fourth-order valence-electron chi connectivity index (χ4n) is 4.69. The lowest BCUT2D eigenvalue weighted by Crippen LogP contribution is -2.56. The van der Waals surface area contributed by atoms with Gasteiger partial charge in [-0.25, -0.2) is 9.59 Å². The molecule has 0 fully saturated rings. The van der Waals surface area contributed by atoms with Crippen molar-refractivity contribution in [1.82, 2.24) is 21.3 Å². The highest BCUT2D eigenvalue weighted by molar-refractivity contribution is 5.91. The summed E-state index contributed by atoms with van der Waals surface area (Å²) in [7, 11) is 0. The summed E-state index contributed by atoms with van der Waals surface area (Å²) in [5.41, 5.74) is 1.63. The number of benzene rings is 2. The Balaban J connectivity index is 2.06. The third kappa shape index (κ3) is 12.5. The van der Waals surface area contributed by atoms with Crippen LogP contribution < -0.4 is 21.3 Å². The number of alkyl carbamates (subject to hydrolysis) is 1. The SMILES string of the molecule is CC(CC(O)C(Cc1ccccc1)NC(=O)[C@H](C)NC(=O)OCc1ccccc1)C(=O)NC(C(=O)N[C@H](C(=O)O)C(C)C)C(C)C. The van der Waals surface area contributed by atoms with Crippen LogP contribution in [0.4, 0.5) is 4.79 Å². The van der Waals surface area contributed by atoms with Gasteiger partial charge in [-0.3, -0.25) is 14.4 Å². The molecule has 6 N–H and O–H groups in total. The van der Waals surface area contributed by atoms with E-state index in [1.54, 1.807) is 46.8 Å². The second kappa shape index (κ2) is 18.5. The molecule has 46 heavy (non-hydrogen) atoms. The average molecular weight is 641 g/mol. The van der Waals surface area contributed by atoms with E-state index in [2.05, 4.69) is 21.3 Å². The summed E-state index contributed by atoms with van der Waals surface area (Å²) in [6, 6.07) is 14.4. The maximum atomic E-state index is 13.2. The highest BCUT2D eigenvalue weighted by atomic mass is 16.5. The molecule has 2 rings (SSSR count). The number of carboxylic acids is 1. The Hall–Kier alpha value is -4.45. The summed E-state index contributed by atoms with van der Waals surface area (Å²) in [4.78, 5) is 63.1. The third-order valence-electron chi connectivity index (χ3n) is 7.55. The van der Waals surface area contributed by atoms with E-state index in [0.29, 0.717) is 0 Å². The first-order chi connectivity index (χ1) is 21.7. The van der Waals surface area contributed by atoms with Crippen LogP contribution in [0.25, 0.3) is 0 Å². The second-order valence-corrected chi connectivity index (χ2v) is 12.2. The van der Waals surface area contributed by atoms with Gasteiger partial charge in [0.15, 0.2) is 0 Å². The molecule has 0 radical (unpaired) electrons. The number of amides is 4. The van der Waals surface area contributed by atoms with Gasteiger partial charge in [-0.1, -0.05) is 95.3 Å². The Morgan fingerprint density at radius 3 is 1.72 bits per heavy atom. The second-order valence-electron chi connectivity index (χ2n) is 12.2. The summed E-state index contributed by atoms with van der Waals surface area (Å²) in [5.74, 6) is -4.34. The molecular formula is C34H48N4O8. The molecule has 12 heteroatoms. The number of ether oxygens (including phenoxy) is 1. The molecule has 0 aliphatic rings. The van der Waals surface area contributed by atoms with Crippen LogP contribution in [0.2, 0.25) is 0 Å². The van der Waals surface area contributed by atoms with Gasteiger partial charge in [0.1, 0.15) is 24.7 Å². The van der Waals surface area contributed by atoms with E-state index < -0.39 is 66.0 Å². The normalized spacial score (nSPS) is 15.1. The van der Waals surface area contributed by atoms with E-state index in [1.807, 2.05) is 48.5 Å². The van der Waals surface area contributed by atoms with E-state index in [-0.39, 0.29) is 31.3 Å². The minimum atomic E-state index is -1.18. The van der Waals surface area contributed by atoms with Crippen molar-refractivity contribution in [2.24, 2.45) is 17.8 Å². The van der Waals surface area contributed by atoms with Crippen LogP contribution in [0.1, 0.15) is 59.1 Å². The molecule has 4 amide bonds. The van der Waals surface area contributed by atoms with Gasteiger partial charge < -0.3 is 36.2 Å². The van der Waals surface area contributed by atoms with Crippen molar-refractivity contribution >= 4 is 29.8 Å². The van der Waals surface area contributed by atoms with Crippen molar-refractivity contribution in [3.63, 3.8) is 0 Å². The smallest absolute Gasteiger partial charge is 0.408 e. The summed E-state index contributed by atoms with van der Waals surface area (Å²) in [6.45, 7) is 9.92. The average Bonchev–Trinajstić information content (AvgIpc) is 3.01. The number of nitrogens with one attached hydrogen (secondary N) is 4. The zero-order valence-corrected chi connectivity index (χ0v) is 27.4. The maximum Gasteiger partial charge on any atom is 0.408 e. The van der Waals surface area contributed by atoms with E-state index in [0.717, 1.165) is 11.1 Å². The van der Waals surface area contributed by atoms with Gasteiger partial charge in [-0.2, -0.15) is 0 Å². The van der Waals surface area contributed by atoms with Gasteiger partial charge >= 0.3 is 12.1 Å². The largest absolute Gasteiger partial charge is 0.480 e. The monoisotopic (exact) mass is 640 g/mol. The van der Waals surface area contributed by atoms with Crippen LogP contribution in [0.5, 0.6) is 0 Å². The number of rotatable bonds is 17. The first-order valence-corrected chi connectivity index (χ1v) is 15.5. The van der Waals surface area contributed by atoms with Crippen LogP contribution in [-0.4, -0.2) is 70.3 Å². The van der Waals surface area contributed by atoms with Gasteiger partial charge in [0.05, 0.1) is 12.1 Å². The summed E-state index contributed by atoms with van der Waals surface area (Å²) in [5, 5.41) is 31.2. The van der Waals surface area contributed by atoms with Gasteiger partial charge in [-0.15, -0.1) is 0 Å². The van der Waals surface area contributed by atoms with Crippen LogP contribution >= 0.6 is 0 Å². The number of hydrogen-bond donors (Lipinski definition) is 6. The quantitative estimate of drug-likeness (QED) is 0.153. The van der Waals surface area contributed by atoms with Crippen molar-refractivity contribution in [3.8, 4) is 0 Å². The zero-order chi connectivity index (χ0) is 34.4. The number of aliphatic hydroxyl groups is 1.